The molecule has 1 aromatic heterocycles. The Hall–Kier alpha value is -2.51. The second kappa shape index (κ2) is 6.18. The summed E-state index contributed by atoms with van der Waals surface area (Å²) in [5.41, 5.74) is -0.673. The fourth-order valence-corrected chi connectivity index (χ4v) is 2.92. The molecule has 128 valence electrons. The Morgan fingerprint density at radius 1 is 1.33 bits per heavy atom. The number of hydrogen-bond acceptors (Lipinski definition) is 3. The topological polar surface area (TPSA) is 57.3 Å². The standard InChI is InChI=1S/C16H17F3N4O/c1-20-15(24)22-12-5-7-23(9-12)14-13-3-2-11(16(17,18)19)8-10(13)4-6-21-14/h2-4,6,8,12H,5,7,9H2,1H3,(H2,20,22,24). The third-order valence-corrected chi connectivity index (χ3v) is 4.12. The summed E-state index contributed by atoms with van der Waals surface area (Å²) in [7, 11) is 1.55. The highest BCUT2D eigenvalue weighted by Gasteiger charge is 2.31. The van der Waals surface area contributed by atoms with Gasteiger partial charge in [-0.3, -0.25) is 0 Å². The van der Waals surface area contributed by atoms with Crippen LogP contribution in [0.4, 0.5) is 23.8 Å². The lowest BCUT2D eigenvalue weighted by molar-refractivity contribution is -0.137. The number of nitrogens with zero attached hydrogens (tertiary/aromatic N) is 2. The fourth-order valence-electron chi connectivity index (χ4n) is 2.92. The molecule has 1 saturated heterocycles. The number of nitrogens with one attached hydrogen (secondary N) is 2. The molecule has 1 aromatic carbocycles. The Morgan fingerprint density at radius 3 is 2.83 bits per heavy atom. The number of carbonyl (C=O) groups excluding carboxylic acids is 1. The minimum Gasteiger partial charge on any atom is -0.354 e. The van der Waals surface area contributed by atoms with Crippen LogP contribution in [0, 0.1) is 0 Å². The van der Waals surface area contributed by atoms with Gasteiger partial charge in [0.25, 0.3) is 0 Å². The monoisotopic (exact) mass is 338 g/mol. The summed E-state index contributed by atoms with van der Waals surface area (Å²) in [5, 5.41) is 6.51. The smallest absolute Gasteiger partial charge is 0.354 e. The van der Waals surface area contributed by atoms with Crippen molar-refractivity contribution in [1.29, 1.82) is 0 Å². The number of carbonyl (C=O) groups is 1. The van der Waals surface area contributed by atoms with Crippen LogP contribution in [0.1, 0.15) is 12.0 Å². The summed E-state index contributed by atoms with van der Waals surface area (Å²) in [6, 6.07) is 4.98. The van der Waals surface area contributed by atoms with Crippen LogP contribution in [-0.4, -0.2) is 37.2 Å². The Balaban J connectivity index is 1.87. The highest BCUT2D eigenvalue weighted by molar-refractivity contribution is 5.92. The van der Waals surface area contributed by atoms with Crippen LogP contribution >= 0.6 is 0 Å². The number of urea groups is 1. The van der Waals surface area contributed by atoms with Gasteiger partial charge in [0, 0.05) is 37.8 Å². The van der Waals surface area contributed by atoms with Crippen LogP contribution in [0.3, 0.4) is 0 Å². The zero-order valence-corrected chi connectivity index (χ0v) is 13.0. The maximum atomic E-state index is 12.9. The first-order valence-corrected chi connectivity index (χ1v) is 7.57. The molecular weight excluding hydrogens is 321 g/mol. The number of aromatic nitrogens is 1. The number of alkyl halides is 3. The third kappa shape index (κ3) is 3.22. The predicted octanol–water partition coefficient (Wildman–Crippen LogP) is 2.76. The maximum Gasteiger partial charge on any atom is 0.416 e. The summed E-state index contributed by atoms with van der Waals surface area (Å²) in [5.74, 6) is 0.641. The van der Waals surface area contributed by atoms with Gasteiger partial charge in [0.15, 0.2) is 0 Å². The molecule has 24 heavy (non-hydrogen) atoms. The van der Waals surface area contributed by atoms with E-state index in [2.05, 4.69) is 15.6 Å². The first-order valence-electron chi connectivity index (χ1n) is 7.57. The summed E-state index contributed by atoms with van der Waals surface area (Å²) < 4.78 is 38.6. The molecule has 2 aromatic rings. The van der Waals surface area contributed by atoms with Gasteiger partial charge in [-0.1, -0.05) is 6.07 Å². The van der Waals surface area contributed by atoms with Gasteiger partial charge < -0.3 is 15.5 Å². The molecule has 2 amide bonds. The number of pyridine rings is 1. The largest absolute Gasteiger partial charge is 0.416 e. The SMILES string of the molecule is CNC(=O)NC1CCN(c2nccc3cc(C(F)(F)F)ccc23)C1. The van der Waals surface area contributed by atoms with Crippen LogP contribution in [0.25, 0.3) is 10.8 Å². The highest BCUT2D eigenvalue weighted by atomic mass is 19.4. The van der Waals surface area contributed by atoms with Crippen LogP contribution in [-0.2, 0) is 6.18 Å². The van der Waals surface area contributed by atoms with Crippen molar-refractivity contribution in [3.63, 3.8) is 0 Å². The number of fused-ring (bicyclic) bond motifs is 1. The molecule has 1 fully saturated rings. The zero-order chi connectivity index (χ0) is 17.3. The molecule has 3 rings (SSSR count). The fraction of sp³-hybridized carbons (Fsp3) is 0.375. The normalized spacial score (nSPS) is 18.0. The van der Waals surface area contributed by atoms with Gasteiger partial charge in [-0.05, 0) is 30.0 Å². The average Bonchev–Trinajstić information content (AvgIpc) is 3.01. The van der Waals surface area contributed by atoms with E-state index in [1.54, 1.807) is 13.1 Å². The molecule has 1 aliphatic rings. The summed E-state index contributed by atoms with van der Waals surface area (Å²) in [4.78, 5) is 17.7. The number of benzene rings is 1. The third-order valence-electron chi connectivity index (χ3n) is 4.12. The molecule has 1 aliphatic heterocycles. The molecule has 0 bridgehead atoms. The van der Waals surface area contributed by atoms with E-state index in [0.29, 0.717) is 29.7 Å². The van der Waals surface area contributed by atoms with Gasteiger partial charge in [0.1, 0.15) is 5.82 Å². The van der Waals surface area contributed by atoms with Gasteiger partial charge in [0.2, 0.25) is 0 Å². The van der Waals surface area contributed by atoms with Gasteiger partial charge in [0.05, 0.1) is 5.56 Å². The van der Waals surface area contributed by atoms with Gasteiger partial charge in [-0.15, -0.1) is 0 Å². The maximum absolute atomic E-state index is 12.9. The van der Waals surface area contributed by atoms with Crippen LogP contribution in [0.5, 0.6) is 0 Å². The second-order valence-corrected chi connectivity index (χ2v) is 5.72. The quantitative estimate of drug-likeness (QED) is 0.885. The number of rotatable bonds is 2. The summed E-state index contributed by atoms with van der Waals surface area (Å²) in [6.07, 6.45) is -2.10. The Kier molecular flexibility index (Phi) is 4.21. The van der Waals surface area contributed by atoms with Crippen molar-refractivity contribution in [3.05, 3.63) is 36.0 Å². The molecule has 2 heterocycles. The van der Waals surface area contributed by atoms with Gasteiger partial charge >= 0.3 is 12.2 Å². The molecule has 0 aliphatic carbocycles. The molecule has 0 radical (unpaired) electrons. The van der Waals surface area contributed by atoms with Crippen molar-refractivity contribution in [2.24, 2.45) is 0 Å². The van der Waals surface area contributed by atoms with E-state index in [9.17, 15) is 18.0 Å². The lowest BCUT2D eigenvalue weighted by Crippen LogP contribution is -2.42. The number of hydrogen-bond donors (Lipinski definition) is 2. The van der Waals surface area contributed by atoms with Crippen molar-refractivity contribution in [1.82, 2.24) is 15.6 Å². The van der Waals surface area contributed by atoms with Crippen LogP contribution < -0.4 is 15.5 Å². The van der Waals surface area contributed by atoms with Crippen molar-refractivity contribution in [3.8, 4) is 0 Å². The number of amides is 2. The Bertz CT molecular complexity index is 763. The van der Waals surface area contributed by atoms with E-state index in [1.807, 2.05) is 4.90 Å². The lowest BCUT2D eigenvalue weighted by Gasteiger charge is -2.20. The van der Waals surface area contributed by atoms with E-state index in [-0.39, 0.29) is 12.1 Å². The van der Waals surface area contributed by atoms with E-state index >= 15 is 0 Å². The Labute approximate surface area is 136 Å². The molecule has 8 heteroatoms. The summed E-state index contributed by atoms with van der Waals surface area (Å²) in [6.45, 7) is 1.25. The van der Waals surface area contributed by atoms with Gasteiger partial charge in [-0.25, -0.2) is 9.78 Å². The molecular formula is C16H17F3N4O. The zero-order valence-electron chi connectivity index (χ0n) is 13.0. The molecule has 2 N–H and O–H groups in total. The average molecular weight is 338 g/mol. The van der Waals surface area contributed by atoms with E-state index in [0.717, 1.165) is 18.6 Å². The van der Waals surface area contributed by atoms with Gasteiger partial charge in [-0.2, -0.15) is 13.2 Å². The summed E-state index contributed by atoms with van der Waals surface area (Å²) >= 11 is 0. The van der Waals surface area contributed by atoms with E-state index in [1.165, 1.54) is 12.3 Å². The first kappa shape index (κ1) is 16.4. The highest BCUT2D eigenvalue weighted by Crippen LogP contribution is 2.34. The Morgan fingerprint density at radius 2 is 2.12 bits per heavy atom. The number of anilines is 1. The van der Waals surface area contributed by atoms with E-state index < -0.39 is 11.7 Å². The molecule has 5 nitrogen and oxygen atoms in total. The minimum absolute atomic E-state index is 0.0172. The van der Waals surface area contributed by atoms with Crippen molar-refractivity contribution >= 4 is 22.6 Å². The van der Waals surface area contributed by atoms with Crippen molar-refractivity contribution < 1.29 is 18.0 Å². The van der Waals surface area contributed by atoms with Crippen LogP contribution in [0.2, 0.25) is 0 Å². The molecule has 0 spiro atoms. The first-order chi connectivity index (χ1) is 11.4. The number of halogens is 3. The molecule has 1 unspecified atom stereocenters. The second-order valence-electron chi connectivity index (χ2n) is 5.72. The lowest BCUT2D eigenvalue weighted by atomic mass is 10.1. The van der Waals surface area contributed by atoms with Crippen molar-refractivity contribution in [2.75, 3.05) is 25.0 Å². The molecule has 0 saturated carbocycles. The molecule has 1 atom stereocenters. The predicted molar refractivity (Wildman–Crippen MR) is 85.0 cm³/mol. The van der Waals surface area contributed by atoms with Crippen molar-refractivity contribution in [2.45, 2.75) is 18.6 Å². The van der Waals surface area contributed by atoms with E-state index in [4.69, 9.17) is 0 Å². The van der Waals surface area contributed by atoms with Crippen LogP contribution in [0.15, 0.2) is 30.5 Å². The minimum atomic E-state index is -4.37.